The summed E-state index contributed by atoms with van der Waals surface area (Å²) in [7, 11) is -3.29. The maximum Gasteiger partial charge on any atom is 0.232 e. The van der Waals surface area contributed by atoms with Crippen molar-refractivity contribution in [3.63, 3.8) is 0 Å². The molecule has 0 bridgehead atoms. The number of nitrogens with zero attached hydrogens (tertiary/aromatic N) is 1. The van der Waals surface area contributed by atoms with Gasteiger partial charge in [0, 0.05) is 5.88 Å². The number of aromatic nitrogens is 1. The Morgan fingerprint density at radius 2 is 2.16 bits per heavy atom. The zero-order valence-electron chi connectivity index (χ0n) is 10.5. The van der Waals surface area contributed by atoms with Crippen LogP contribution in [0, 0.1) is 6.92 Å². The number of sulfonamides is 1. The Labute approximate surface area is 121 Å². The van der Waals surface area contributed by atoms with Crippen LogP contribution in [0.1, 0.15) is 17.8 Å². The maximum absolute atomic E-state index is 11.8. The van der Waals surface area contributed by atoms with Gasteiger partial charge >= 0.3 is 0 Å². The molecule has 0 unspecified atom stereocenters. The molecule has 7 heteroatoms. The van der Waals surface area contributed by atoms with Crippen molar-refractivity contribution >= 4 is 48.9 Å². The second kappa shape index (κ2) is 6.07. The number of aryl methyl sites for hydroxylation is 1. The van der Waals surface area contributed by atoms with Gasteiger partial charge in [0.15, 0.2) is 0 Å². The minimum absolute atomic E-state index is 0.0967. The fourth-order valence-electron chi connectivity index (χ4n) is 1.72. The Kier molecular flexibility index (Phi) is 4.65. The average Bonchev–Trinajstić information content (AvgIpc) is 2.68. The highest BCUT2D eigenvalue weighted by Gasteiger charge is 2.11. The highest BCUT2D eigenvalue weighted by molar-refractivity contribution is 7.92. The van der Waals surface area contributed by atoms with Gasteiger partial charge in [0.1, 0.15) is 0 Å². The molecule has 2 rings (SSSR count). The molecule has 1 aromatic heterocycles. The van der Waals surface area contributed by atoms with Crippen LogP contribution in [-0.4, -0.2) is 25.0 Å². The summed E-state index contributed by atoms with van der Waals surface area (Å²) in [4.78, 5) is 4.34. The minimum atomic E-state index is -3.29. The maximum atomic E-state index is 11.8. The van der Waals surface area contributed by atoms with E-state index in [-0.39, 0.29) is 5.75 Å². The smallest absolute Gasteiger partial charge is 0.232 e. The van der Waals surface area contributed by atoms with Gasteiger partial charge in [0.2, 0.25) is 10.0 Å². The summed E-state index contributed by atoms with van der Waals surface area (Å²) in [6.45, 7) is 1.93. The van der Waals surface area contributed by atoms with Crippen molar-refractivity contribution in [1.82, 2.24) is 4.98 Å². The molecule has 104 valence electrons. The molecule has 0 aliphatic carbocycles. The number of hydrogen-bond donors (Lipinski definition) is 1. The molecule has 2 aromatic rings. The second-order valence-corrected chi connectivity index (χ2v) is 7.69. The van der Waals surface area contributed by atoms with Crippen LogP contribution in [0.5, 0.6) is 0 Å². The Bertz CT molecular complexity index is 667. The van der Waals surface area contributed by atoms with Crippen molar-refractivity contribution in [2.75, 3.05) is 16.4 Å². The van der Waals surface area contributed by atoms with Gasteiger partial charge in [0.25, 0.3) is 0 Å². The number of nitrogens with one attached hydrogen (secondary N) is 1. The van der Waals surface area contributed by atoms with Crippen molar-refractivity contribution < 1.29 is 8.42 Å². The van der Waals surface area contributed by atoms with E-state index >= 15 is 0 Å². The third kappa shape index (κ3) is 4.06. The zero-order chi connectivity index (χ0) is 13.9. The summed E-state index contributed by atoms with van der Waals surface area (Å²) in [6.07, 6.45) is 1.27. The van der Waals surface area contributed by atoms with Crippen LogP contribution in [0.2, 0.25) is 0 Å². The molecule has 0 aliphatic rings. The third-order valence-corrected chi connectivity index (χ3v) is 5.14. The zero-order valence-corrected chi connectivity index (χ0v) is 12.9. The number of benzene rings is 1. The molecule has 0 fully saturated rings. The molecule has 0 atom stereocenters. The van der Waals surface area contributed by atoms with E-state index in [1.807, 2.05) is 19.1 Å². The number of halogens is 1. The molecule has 19 heavy (non-hydrogen) atoms. The minimum Gasteiger partial charge on any atom is -0.284 e. The predicted octanol–water partition coefficient (Wildman–Crippen LogP) is 3.37. The molecule has 4 nitrogen and oxygen atoms in total. The van der Waals surface area contributed by atoms with Crippen LogP contribution >= 0.6 is 22.9 Å². The molecule has 0 aliphatic heterocycles. The van der Waals surface area contributed by atoms with Crippen LogP contribution in [0.25, 0.3) is 10.2 Å². The number of hydrogen-bond acceptors (Lipinski definition) is 4. The lowest BCUT2D eigenvalue weighted by Gasteiger charge is -2.07. The SMILES string of the molecule is Cc1nc2ccc(NS(=O)(=O)CCCCCl)cc2s1. The third-order valence-electron chi connectivity index (χ3n) is 2.57. The number of alkyl halides is 1. The van der Waals surface area contributed by atoms with E-state index in [0.29, 0.717) is 24.4 Å². The summed E-state index contributed by atoms with van der Waals surface area (Å²) < 4.78 is 27.3. The van der Waals surface area contributed by atoms with E-state index in [4.69, 9.17) is 11.6 Å². The highest BCUT2D eigenvalue weighted by atomic mass is 35.5. The summed E-state index contributed by atoms with van der Waals surface area (Å²) in [6, 6.07) is 5.38. The van der Waals surface area contributed by atoms with Crippen LogP contribution in [0.4, 0.5) is 5.69 Å². The standard InChI is InChI=1S/C12H15ClN2O2S2/c1-9-14-11-5-4-10(8-12(11)18-9)15-19(16,17)7-3-2-6-13/h4-5,8,15H,2-3,6-7H2,1H3. The van der Waals surface area contributed by atoms with Crippen LogP contribution in [0.15, 0.2) is 18.2 Å². The van der Waals surface area contributed by atoms with E-state index in [1.54, 1.807) is 17.4 Å². The van der Waals surface area contributed by atoms with Gasteiger partial charge in [-0.1, -0.05) is 0 Å². The first-order valence-corrected chi connectivity index (χ1v) is 8.94. The number of anilines is 1. The van der Waals surface area contributed by atoms with Gasteiger partial charge in [-0.05, 0) is 38.0 Å². The molecular formula is C12H15ClN2O2S2. The molecule has 0 spiro atoms. The van der Waals surface area contributed by atoms with E-state index in [0.717, 1.165) is 15.2 Å². The molecular weight excluding hydrogens is 304 g/mol. The van der Waals surface area contributed by atoms with Crippen molar-refractivity contribution in [2.45, 2.75) is 19.8 Å². The molecule has 0 saturated heterocycles. The molecule has 0 amide bonds. The first-order chi connectivity index (χ1) is 9.00. The average molecular weight is 319 g/mol. The van der Waals surface area contributed by atoms with Gasteiger partial charge in [-0.15, -0.1) is 22.9 Å². The molecule has 1 aromatic carbocycles. The van der Waals surface area contributed by atoms with Gasteiger partial charge in [-0.25, -0.2) is 13.4 Å². The van der Waals surface area contributed by atoms with Crippen LogP contribution in [0.3, 0.4) is 0 Å². The molecule has 1 heterocycles. The van der Waals surface area contributed by atoms with E-state index in [9.17, 15) is 8.42 Å². The molecule has 1 N–H and O–H groups in total. The van der Waals surface area contributed by atoms with E-state index in [1.165, 1.54) is 0 Å². The van der Waals surface area contributed by atoms with E-state index in [2.05, 4.69) is 9.71 Å². The first-order valence-electron chi connectivity index (χ1n) is 5.94. The van der Waals surface area contributed by atoms with Gasteiger partial charge in [-0.3, -0.25) is 4.72 Å². The van der Waals surface area contributed by atoms with Crippen molar-refractivity contribution in [3.8, 4) is 0 Å². The van der Waals surface area contributed by atoms with Gasteiger partial charge < -0.3 is 0 Å². The fourth-order valence-corrected chi connectivity index (χ4v) is 3.95. The summed E-state index contributed by atoms with van der Waals surface area (Å²) in [5.74, 6) is 0.584. The normalized spacial score (nSPS) is 11.9. The summed E-state index contributed by atoms with van der Waals surface area (Å²) in [5.41, 5.74) is 1.48. The van der Waals surface area contributed by atoms with Crippen LogP contribution in [-0.2, 0) is 10.0 Å². The lowest BCUT2D eigenvalue weighted by atomic mass is 10.3. The summed E-state index contributed by atoms with van der Waals surface area (Å²) in [5, 5.41) is 0.970. The monoisotopic (exact) mass is 318 g/mol. The fraction of sp³-hybridized carbons (Fsp3) is 0.417. The Hall–Kier alpha value is -0.850. The quantitative estimate of drug-likeness (QED) is 0.656. The lowest BCUT2D eigenvalue weighted by Crippen LogP contribution is -2.16. The number of unbranched alkanes of at least 4 members (excludes halogenated alkanes) is 1. The van der Waals surface area contributed by atoms with Crippen molar-refractivity contribution in [1.29, 1.82) is 0 Å². The van der Waals surface area contributed by atoms with Gasteiger partial charge in [-0.2, -0.15) is 0 Å². The highest BCUT2D eigenvalue weighted by Crippen LogP contribution is 2.25. The Balaban J connectivity index is 2.11. The summed E-state index contributed by atoms with van der Waals surface area (Å²) >= 11 is 7.09. The first kappa shape index (κ1) is 14.6. The van der Waals surface area contributed by atoms with Crippen LogP contribution < -0.4 is 4.72 Å². The molecule has 0 radical (unpaired) electrons. The number of fused-ring (bicyclic) bond motifs is 1. The largest absolute Gasteiger partial charge is 0.284 e. The van der Waals surface area contributed by atoms with Gasteiger partial charge in [0.05, 0.1) is 26.7 Å². The topological polar surface area (TPSA) is 59.1 Å². The Morgan fingerprint density at radius 1 is 1.37 bits per heavy atom. The Morgan fingerprint density at radius 3 is 2.89 bits per heavy atom. The predicted molar refractivity (Wildman–Crippen MR) is 81.7 cm³/mol. The molecule has 0 saturated carbocycles. The van der Waals surface area contributed by atoms with E-state index < -0.39 is 10.0 Å². The second-order valence-electron chi connectivity index (χ2n) is 4.23. The lowest BCUT2D eigenvalue weighted by molar-refractivity contribution is 0.598. The van der Waals surface area contributed by atoms with Crippen molar-refractivity contribution in [2.24, 2.45) is 0 Å². The number of rotatable bonds is 6. The number of thiazole rings is 1. The van der Waals surface area contributed by atoms with Crippen molar-refractivity contribution in [3.05, 3.63) is 23.2 Å².